The SMILES string of the molecule is CC.CN.COC(=O)CCC(C=O)N1C(=O)c2ccccc2C1=O. The van der Waals surface area contributed by atoms with Crippen LogP contribution in [-0.2, 0) is 14.3 Å². The summed E-state index contributed by atoms with van der Waals surface area (Å²) in [5, 5.41) is 0. The van der Waals surface area contributed by atoms with Crippen LogP contribution in [0.15, 0.2) is 24.3 Å². The lowest BCUT2D eigenvalue weighted by atomic mass is 10.1. The van der Waals surface area contributed by atoms with E-state index in [1.54, 1.807) is 12.1 Å². The first kappa shape index (κ1) is 21.5. The molecule has 1 atom stereocenters. The van der Waals surface area contributed by atoms with Gasteiger partial charge >= 0.3 is 5.97 Å². The van der Waals surface area contributed by atoms with E-state index in [0.717, 1.165) is 4.90 Å². The Morgan fingerprint density at radius 2 is 1.62 bits per heavy atom. The number of amides is 2. The van der Waals surface area contributed by atoms with Crippen LogP contribution < -0.4 is 5.73 Å². The second kappa shape index (κ2) is 11.1. The third-order valence-electron chi connectivity index (χ3n) is 3.19. The Balaban J connectivity index is 0.00000123. The Labute approximate surface area is 141 Å². The standard InChI is InChI=1S/C14H13NO5.C2H6.CH5N/c1-20-12(17)7-6-9(8-16)15-13(18)10-4-2-3-5-11(10)14(15)19;2*1-2/h2-5,8-9H,6-7H2,1H3;1-2H3;2H2,1H3. The summed E-state index contributed by atoms with van der Waals surface area (Å²) in [4.78, 5) is 47.4. The molecule has 2 N–H and O–H groups in total. The average Bonchev–Trinajstić information content (AvgIpc) is 2.91. The Morgan fingerprint density at radius 3 is 2.00 bits per heavy atom. The van der Waals surface area contributed by atoms with Crippen LogP contribution >= 0.6 is 0 Å². The van der Waals surface area contributed by atoms with Crippen LogP contribution in [0.25, 0.3) is 0 Å². The lowest BCUT2D eigenvalue weighted by Crippen LogP contribution is -2.41. The fraction of sp³-hybridized carbons (Fsp3) is 0.412. The molecule has 0 saturated heterocycles. The van der Waals surface area contributed by atoms with Gasteiger partial charge in [-0.3, -0.25) is 19.3 Å². The quantitative estimate of drug-likeness (QED) is 0.495. The van der Waals surface area contributed by atoms with Crippen LogP contribution in [0.1, 0.15) is 47.4 Å². The van der Waals surface area contributed by atoms with Gasteiger partial charge in [-0.05, 0) is 25.6 Å². The number of nitrogens with zero attached hydrogens (tertiary/aromatic N) is 1. The Morgan fingerprint density at radius 1 is 1.17 bits per heavy atom. The summed E-state index contributed by atoms with van der Waals surface area (Å²) in [6.07, 6.45) is 0.527. The van der Waals surface area contributed by atoms with Crippen LogP contribution in [0, 0.1) is 0 Å². The second-order valence-corrected chi connectivity index (χ2v) is 4.34. The zero-order chi connectivity index (χ0) is 18.7. The number of ether oxygens (including phenoxy) is 1. The van der Waals surface area contributed by atoms with Crippen molar-refractivity contribution in [2.45, 2.75) is 32.7 Å². The summed E-state index contributed by atoms with van der Waals surface area (Å²) in [7, 11) is 2.74. The number of aldehydes is 1. The van der Waals surface area contributed by atoms with E-state index >= 15 is 0 Å². The van der Waals surface area contributed by atoms with Crippen LogP contribution in [0.4, 0.5) is 0 Å². The van der Waals surface area contributed by atoms with E-state index in [1.807, 2.05) is 13.8 Å². The third kappa shape index (κ3) is 4.73. The van der Waals surface area contributed by atoms with E-state index in [0.29, 0.717) is 6.29 Å². The first-order valence-corrected chi connectivity index (χ1v) is 7.67. The van der Waals surface area contributed by atoms with Crippen molar-refractivity contribution in [1.29, 1.82) is 0 Å². The van der Waals surface area contributed by atoms with Crippen molar-refractivity contribution in [3.05, 3.63) is 35.4 Å². The van der Waals surface area contributed by atoms with E-state index in [-0.39, 0.29) is 24.0 Å². The molecule has 1 aliphatic rings. The minimum absolute atomic E-state index is 0.0344. The van der Waals surface area contributed by atoms with Gasteiger partial charge in [-0.2, -0.15) is 0 Å². The average molecular weight is 336 g/mol. The smallest absolute Gasteiger partial charge is 0.305 e. The molecule has 1 heterocycles. The monoisotopic (exact) mass is 336 g/mol. The molecular formula is C17H24N2O5. The van der Waals surface area contributed by atoms with Gasteiger partial charge in [0.2, 0.25) is 0 Å². The lowest BCUT2D eigenvalue weighted by Gasteiger charge is -2.20. The van der Waals surface area contributed by atoms with E-state index in [2.05, 4.69) is 10.5 Å². The molecule has 1 aromatic carbocycles. The highest BCUT2D eigenvalue weighted by atomic mass is 16.5. The van der Waals surface area contributed by atoms with Gasteiger partial charge in [0.1, 0.15) is 6.29 Å². The van der Waals surface area contributed by atoms with Crippen molar-refractivity contribution >= 4 is 24.1 Å². The Bertz CT molecular complexity index is 551. The predicted molar refractivity (Wildman–Crippen MR) is 89.5 cm³/mol. The molecule has 0 radical (unpaired) electrons. The molecule has 24 heavy (non-hydrogen) atoms. The fourth-order valence-corrected chi connectivity index (χ4v) is 2.13. The third-order valence-corrected chi connectivity index (χ3v) is 3.19. The summed E-state index contributed by atoms with van der Waals surface area (Å²) < 4.78 is 4.48. The van der Waals surface area contributed by atoms with Crippen LogP contribution in [0.2, 0.25) is 0 Å². The topological polar surface area (TPSA) is 107 Å². The van der Waals surface area contributed by atoms with Crippen molar-refractivity contribution in [2.75, 3.05) is 14.2 Å². The van der Waals surface area contributed by atoms with Crippen LogP contribution in [0.5, 0.6) is 0 Å². The molecule has 1 unspecified atom stereocenters. The van der Waals surface area contributed by atoms with Crippen molar-refractivity contribution in [3.63, 3.8) is 0 Å². The molecule has 0 saturated carbocycles. The van der Waals surface area contributed by atoms with E-state index in [4.69, 9.17) is 0 Å². The molecule has 0 aliphatic carbocycles. The highest BCUT2D eigenvalue weighted by Crippen LogP contribution is 2.25. The molecule has 2 amide bonds. The number of benzene rings is 1. The van der Waals surface area contributed by atoms with E-state index in [1.165, 1.54) is 26.3 Å². The fourth-order valence-electron chi connectivity index (χ4n) is 2.13. The summed E-state index contributed by atoms with van der Waals surface area (Å²) in [5.41, 5.74) is 5.06. The number of nitrogens with two attached hydrogens (primary N) is 1. The number of carbonyl (C=O) groups is 4. The van der Waals surface area contributed by atoms with Crippen molar-refractivity contribution < 1.29 is 23.9 Å². The number of hydrogen-bond donors (Lipinski definition) is 1. The lowest BCUT2D eigenvalue weighted by molar-refractivity contribution is -0.141. The van der Waals surface area contributed by atoms with Crippen molar-refractivity contribution in [2.24, 2.45) is 5.73 Å². The van der Waals surface area contributed by atoms with Gasteiger partial charge in [0.15, 0.2) is 0 Å². The normalized spacial score (nSPS) is 13.0. The van der Waals surface area contributed by atoms with E-state index < -0.39 is 23.8 Å². The maximum atomic E-state index is 12.2. The number of hydrogen-bond acceptors (Lipinski definition) is 6. The van der Waals surface area contributed by atoms with Gasteiger partial charge in [-0.1, -0.05) is 26.0 Å². The van der Waals surface area contributed by atoms with Crippen molar-refractivity contribution in [3.8, 4) is 0 Å². The highest BCUT2D eigenvalue weighted by molar-refractivity contribution is 6.22. The molecule has 0 bridgehead atoms. The zero-order valence-electron chi connectivity index (χ0n) is 14.4. The molecule has 0 fully saturated rings. The Hall–Kier alpha value is -2.54. The molecule has 0 spiro atoms. The van der Waals surface area contributed by atoms with Gasteiger partial charge in [0.25, 0.3) is 11.8 Å². The van der Waals surface area contributed by atoms with Crippen molar-refractivity contribution in [1.82, 2.24) is 4.90 Å². The van der Waals surface area contributed by atoms with Gasteiger partial charge in [-0.15, -0.1) is 0 Å². The summed E-state index contributed by atoms with van der Waals surface area (Å²) in [5.74, 6) is -1.51. The summed E-state index contributed by atoms with van der Waals surface area (Å²) in [6, 6.07) is 5.42. The summed E-state index contributed by atoms with van der Waals surface area (Å²) >= 11 is 0. The molecule has 1 aromatic rings. The number of rotatable bonds is 5. The molecule has 7 heteroatoms. The highest BCUT2D eigenvalue weighted by Gasteiger charge is 2.39. The number of carbonyl (C=O) groups excluding carboxylic acids is 4. The minimum atomic E-state index is -0.957. The molecule has 0 aromatic heterocycles. The largest absolute Gasteiger partial charge is 0.469 e. The Kier molecular flexibility index (Phi) is 9.90. The molecule has 1 aliphatic heterocycles. The van der Waals surface area contributed by atoms with E-state index in [9.17, 15) is 19.2 Å². The van der Waals surface area contributed by atoms with Crippen LogP contribution in [-0.4, -0.2) is 49.2 Å². The zero-order valence-corrected chi connectivity index (χ0v) is 14.4. The number of esters is 1. The molecular weight excluding hydrogens is 312 g/mol. The van der Waals surface area contributed by atoms with Gasteiger partial charge in [0, 0.05) is 6.42 Å². The first-order valence-electron chi connectivity index (χ1n) is 7.67. The van der Waals surface area contributed by atoms with Gasteiger partial charge in [-0.25, -0.2) is 0 Å². The summed E-state index contributed by atoms with van der Waals surface area (Å²) in [6.45, 7) is 4.00. The molecule has 2 rings (SSSR count). The maximum absolute atomic E-state index is 12.2. The minimum Gasteiger partial charge on any atom is -0.469 e. The maximum Gasteiger partial charge on any atom is 0.305 e. The number of imide groups is 1. The molecule has 7 nitrogen and oxygen atoms in total. The van der Waals surface area contributed by atoms with Gasteiger partial charge < -0.3 is 15.3 Å². The van der Waals surface area contributed by atoms with Crippen LogP contribution in [0.3, 0.4) is 0 Å². The first-order chi connectivity index (χ1) is 11.6. The number of methoxy groups -OCH3 is 1. The number of fused-ring (bicyclic) bond motifs is 1. The molecule has 132 valence electrons. The second-order valence-electron chi connectivity index (χ2n) is 4.34. The van der Waals surface area contributed by atoms with Gasteiger partial charge in [0.05, 0.1) is 24.3 Å². The predicted octanol–water partition coefficient (Wildman–Crippen LogP) is 1.40.